The zero-order valence-corrected chi connectivity index (χ0v) is 17.8. The maximum Gasteiger partial charge on any atom is 0.269 e. The number of aryl methyl sites for hydroxylation is 2. The van der Waals surface area contributed by atoms with Gasteiger partial charge in [-0.2, -0.15) is 10.2 Å². The number of pyridine rings is 1. The van der Waals surface area contributed by atoms with Gasteiger partial charge in [-0.3, -0.25) is 19.0 Å². The lowest BCUT2D eigenvalue weighted by molar-refractivity contribution is 0.0924. The molecule has 0 fully saturated rings. The monoisotopic (exact) mass is 406 g/mol. The summed E-state index contributed by atoms with van der Waals surface area (Å²) < 4.78 is 3.72. The molecule has 0 radical (unpaired) electrons. The number of H-pyrrole nitrogens is 1. The second-order valence-corrected chi connectivity index (χ2v) is 7.98. The number of hydrogen-bond donors (Lipinski definition) is 2. The first-order chi connectivity index (χ1) is 14.3. The molecule has 9 nitrogen and oxygen atoms in total. The first-order valence-electron chi connectivity index (χ1n) is 10.0. The van der Waals surface area contributed by atoms with Gasteiger partial charge in [-0.05, 0) is 44.4 Å². The minimum absolute atomic E-state index is 0.230. The Morgan fingerprint density at radius 2 is 2.03 bits per heavy atom. The van der Waals surface area contributed by atoms with E-state index in [0.29, 0.717) is 23.1 Å². The molecule has 0 aliphatic heterocycles. The lowest BCUT2D eigenvalue weighted by atomic mass is 10.0. The molecular weight excluding hydrogens is 380 g/mol. The van der Waals surface area contributed by atoms with Crippen LogP contribution in [0.15, 0.2) is 30.5 Å². The second-order valence-electron chi connectivity index (χ2n) is 7.98. The second kappa shape index (κ2) is 7.74. The molecule has 4 aromatic heterocycles. The third-order valence-corrected chi connectivity index (χ3v) is 5.25. The third-order valence-electron chi connectivity index (χ3n) is 5.25. The molecule has 0 aliphatic carbocycles. The largest absolute Gasteiger partial charge is 0.341 e. The van der Waals surface area contributed by atoms with Crippen molar-refractivity contribution in [2.24, 2.45) is 13.0 Å². The van der Waals surface area contributed by atoms with Gasteiger partial charge in [0.2, 0.25) is 0 Å². The molecule has 30 heavy (non-hydrogen) atoms. The minimum Gasteiger partial charge on any atom is -0.341 e. The molecule has 1 atom stereocenters. The van der Waals surface area contributed by atoms with Gasteiger partial charge in [-0.15, -0.1) is 10.2 Å². The highest BCUT2D eigenvalue weighted by Crippen LogP contribution is 2.26. The van der Waals surface area contributed by atoms with E-state index in [0.717, 1.165) is 29.0 Å². The highest BCUT2D eigenvalue weighted by atomic mass is 16.2. The SMILES string of the molecule is Cc1nn(C)c(C)c1-c1cc(C(=O)NC(CC(C)C)c2nnc3ccccn23)[nH]n1. The molecule has 2 N–H and O–H groups in total. The number of carbonyl (C=O) groups is 1. The zero-order chi connectivity index (χ0) is 21.4. The number of hydrogen-bond acceptors (Lipinski definition) is 5. The summed E-state index contributed by atoms with van der Waals surface area (Å²) in [6, 6.07) is 7.22. The summed E-state index contributed by atoms with van der Waals surface area (Å²) >= 11 is 0. The summed E-state index contributed by atoms with van der Waals surface area (Å²) in [5.41, 5.74) is 4.67. The molecule has 4 rings (SSSR count). The van der Waals surface area contributed by atoms with Crippen LogP contribution in [-0.2, 0) is 7.05 Å². The van der Waals surface area contributed by atoms with Crippen molar-refractivity contribution < 1.29 is 4.79 Å². The van der Waals surface area contributed by atoms with Crippen LogP contribution in [0, 0.1) is 19.8 Å². The van der Waals surface area contributed by atoms with E-state index in [9.17, 15) is 4.79 Å². The van der Waals surface area contributed by atoms with E-state index in [1.165, 1.54) is 0 Å². The van der Waals surface area contributed by atoms with Gasteiger partial charge >= 0.3 is 0 Å². The Labute approximate surface area is 174 Å². The number of fused-ring (bicyclic) bond motifs is 1. The topological polar surface area (TPSA) is 106 Å². The fourth-order valence-electron chi connectivity index (χ4n) is 3.74. The Balaban J connectivity index is 1.61. The van der Waals surface area contributed by atoms with Crippen molar-refractivity contribution in [1.82, 2.24) is 39.9 Å². The lowest BCUT2D eigenvalue weighted by Gasteiger charge is -2.18. The fourth-order valence-corrected chi connectivity index (χ4v) is 3.74. The molecule has 0 saturated carbocycles. The maximum atomic E-state index is 13.0. The van der Waals surface area contributed by atoms with Crippen LogP contribution in [0.5, 0.6) is 0 Å². The van der Waals surface area contributed by atoms with E-state index in [2.05, 4.69) is 44.7 Å². The van der Waals surface area contributed by atoms with Gasteiger partial charge in [0.25, 0.3) is 5.91 Å². The van der Waals surface area contributed by atoms with Gasteiger partial charge in [0.1, 0.15) is 5.69 Å². The molecule has 4 aromatic rings. The van der Waals surface area contributed by atoms with Crippen LogP contribution in [0.25, 0.3) is 16.9 Å². The Hall–Kier alpha value is -3.49. The predicted octanol–water partition coefficient (Wildman–Crippen LogP) is 2.99. The average molecular weight is 406 g/mol. The number of nitrogens with zero attached hydrogens (tertiary/aromatic N) is 6. The maximum absolute atomic E-state index is 13.0. The van der Waals surface area contributed by atoms with Gasteiger partial charge in [0.05, 0.1) is 17.4 Å². The van der Waals surface area contributed by atoms with Crippen molar-refractivity contribution in [3.8, 4) is 11.3 Å². The van der Waals surface area contributed by atoms with Gasteiger partial charge in [0.15, 0.2) is 11.5 Å². The molecule has 0 bridgehead atoms. The van der Waals surface area contributed by atoms with Gasteiger partial charge in [0, 0.05) is 24.5 Å². The van der Waals surface area contributed by atoms with E-state index in [1.807, 2.05) is 54.4 Å². The third kappa shape index (κ3) is 3.58. The van der Waals surface area contributed by atoms with Crippen molar-refractivity contribution in [3.63, 3.8) is 0 Å². The number of amides is 1. The van der Waals surface area contributed by atoms with Crippen LogP contribution >= 0.6 is 0 Å². The fraction of sp³-hybridized carbons (Fsp3) is 0.381. The molecule has 4 heterocycles. The summed E-state index contributed by atoms with van der Waals surface area (Å²) in [6.45, 7) is 8.15. The van der Waals surface area contributed by atoms with Crippen LogP contribution in [-0.4, -0.2) is 40.5 Å². The molecule has 0 saturated heterocycles. The highest BCUT2D eigenvalue weighted by Gasteiger charge is 2.24. The number of aromatic nitrogens is 7. The minimum atomic E-state index is -0.275. The van der Waals surface area contributed by atoms with Crippen molar-refractivity contribution in [1.29, 1.82) is 0 Å². The van der Waals surface area contributed by atoms with Crippen molar-refractivity contribution in [2.45, 2.75) is 40.2 Å². The van der Waals surface area contributed by atoms with Gasteiger partial charge in [-0.25, -0.2) is 0 Å². The molecular formula is C21H26N8O. The zero-order valence-electron chi connectivity index (χ0n) is 17.8. The van der Waals surface area contributed by atoms with Crippen LogP contribution < -0.4 is 5.32 Å². The summed E-state index contributed by atoms with van der Waals surface area (Å²) in [5, 5.41) is 23.3. The quantitative estimate of drug-likeness (QED) is 0.512. The van der Waals surface area contributed by atoms with Gasteiger partial charge in [-0.1, -0.05) is 19.9 Å². The molecule has 156 valence electrons. The number of carbonyl (C=O) groups excluding carboxylic acids is 1. The molecule has 0 aromatic carbocycles. The van der Waals surface area contributed by atoms with Crippen LogP contribution in [0.4, 0.5) is 0 Å². The summed E-state index contributed by atoms with van der Waals surface area (Å²) in [5.74, 6) is 0.849. The van der Waals surface area contributed by atoms with E-state index in [4.69, 9.17) is 0 Å². The first kappa shape index (κ1) is 19.8. The van der Waals surface area contributed by atoms with Crippen LogP contribution in [0.2, 0.25) is 0 Å². The summed E-state index contributed by atoms with van der Waals surface area (Å²) in [4.78, 5) is 13.0. The van der Waals surface area contributed by atoms with E-state index >= 15 is 0 Å². The Bertz CT molecular complexity index is 1200. The first-order valence-corrected chi connectivity index (χ1v) is 10.0. The lowest BCUT2D eigenvalue weighted by Crippen LogP contribution is -2.31. The molecule has 1 unspecified atom stereocenters. The number of rotatable bonds is 6. The predicted molar refractivity (Wildman–Crippen MR) is 113 cm³/mol. The standard InChI is InChI=1S/C21H26N8O/c1-12(2)10-16(20-26-25-18-8-6-7-9-29(18)20)22-21(30)17-11-15(23-24-17)19-13(3)27-28(5)14(19)4/h6-9,11-12,16H,10H2,1-5H3,(H,22,30)(H,23,24). The van der Waals surface area contributed by atoms with Crippen molar-refractivity contribution in [3.05, 3.63) is 53.4 Å². The van der Waals surface area contributed by atoms with Crippen molar-refractivity contribution >= 4 is 11.6 Å². The normalized spacial score (nSPS) is 12.6. The smallest absolute Gasteiger partial charge is 0.269 e. The average Bonchev–Trinajstić information content (AvgIpc) is 3.39. The van der Waals surface area contributed by atoms with Crippen LogP contribution in [0.1, 0.15) is 54.0 Å². The summed E-state index contributed by atoms with van der Waals surface area (Å²) in [7, 11) is 1.89. The Morgan fingerprint density at radius 3 is 2.73 bits per heavy atom. The molecule has 0 aliphatic rings. The van der Waals surface area contributed by atoms with Gasteiger partial charge < -0.3 is 5.32 Å². The molecule has 9 heteroatoms. The number of aromatic amines is 1. The highest BCUT2D eigenvalue weighted by molar-refractivity contribution is 5.93. The molecule has 0 spiro atoms. The van der Waals surface area contributed by atoms with E-state index in [-0.39, 0.29) is 11.9 Å². The van der Waals surface area contributed by atoms with E-state index < -0.39 is 0 Å². The number of nitrogens with one attached hydrogen (secondary N) is 2. The Kier molecular flexibility index (Phi) is 5.11. The molecule has 1 amide bonds. The van der Waals surface area contributed by atoms with Crippen LogP contribution in [0.3, 0.4) is 0 Å². The summed E-state index contributed by atoms with van der Waals surface area (Å²) in [6.07, 6.45) is 2.65. The Morgan fingerprint density at radius 1 is 1.23 bits per heavy atom. The van der Waals surface area contributed by atoms with Crippen molar-refractivity contribution in [2.75, 3.05) is 0 Å². The van der Waals surface area contributed by atoms with E-state index in [1.54, 1.807) is 6.07 Å².